The average molecular weight is 404 g/mol. The van der Waals surface area contributed by atoms with Crippen LogP contribution in [0.2, 0.25) is 0 Å². The number of nitrogens with two attached hydrogens (primary N) is 1. The molecular weight excluding hydrogens is 377 g/mol. The molecule has 1 heterocycles. The Morgan fingerprint density at radius 3 is 2.28 bits per heavy atom. The second kappa shape index (κ2) is 9.53. The minimum Gasteiger partial charge on any atom is -0.354 e. The number of aromatic nitrogens is 1. The highest BCUT2D eigenvalue weighted by Crippen LogP contribution is 2.24. The van der Waals surface area contributed by atoms with E-state index in [9.17, 15) is 4.79 Å². The van der Waals surface area contributed by atoms with Crippen molar-refractivity contribution in [3.63, 3.8) is 0 Å². The summed E-state index contributed by atoms with van der Waals surface area (Å²) < 4.78 is 0. The van der Waals surface area contributed by atoms with Gasteiger partial charge < -0.3 is 11.1 Å². The van der Waals surface area contributed by atoms with E-state index in [1.54, 1.807) is 18.3 Å². The Kier molecular flexibility index (Phi) is 9.09. The molecule has 140 valence electrons. The summed E-state index contributed by atoms with van der Waals surface area (Å²) in [4.78, 5) is 17.0. The monoisotopic (exact) mass is 403 g/mol. The lowest BCUT2D eigenvalue weighted by atomic mass is 9.92. The van der Waals surface area contributed by atoms with Crippen molar-refractivity contribution in [2.75, 3.05) is 6.54 Å². The third kappa shape index (κ3) is 6.26. The predicted molar refractivity (Wildman–Crippen MR) is 110 cm³/mol. The van der Waals surface area contributed by atoms with Crippen LogP contribution < -0.4 is 11.1 Å². The molecule has 0 saturated heterocycles. The van der Waals surface area contributed by atoms with Crippen LogP contribution in [0, 0.1) is 0 Å². The van der Waals surface area contributed by atoms with Crippen LogP contribution in [-0.4, -0.2) is 17.4 Å². The van der Waals surface area contributed by atoms with Crippen molar-refractivity contribution in [1.82, 2.24) is 10.3 Å². The van der Waals surface area contributed by atoms with Gasteiger partial charge in [0.2, 0.25) is 5.91 Å². The number of amides is 1. The summed E-state index contributed by atoms with van der Waals surface area (Å²) >= 11 is 1.64. The SMILES string of the molecule is CC(C)(C)c1csc(CCNC(=O)C(C)(N)c2ccccc2)n1.Cl.Cl. The summed E-state index contributed by atoms with van der Waals surface area (Å²) in [7, 11) is 0. The highest BCUT2D eigenvalue weighted by molar-refractivity contribution is 7.09. The third-order valence-electron chi connectivity index (χ3n) is 3.79. The Balaban J connectivity index is 0.00000288. The van der Waals surface area contributed by atoms with Gasteiger partial charge in [-0.2, -0.15) is 0 Å². The molecule has 1 aromatic carbocycles. The van der Waals surface area contributed by atoms with Crippen LogP contribution in [0.3, 0.4) is 0 Å². The van der Waals surface area contributed by atoms with E-state index >= 15 is 0 Å². The van der Waals surface area contributed by atoms with Gasteiger partial charge in [-0.15, -0.1) is 36.2 Å². The lowest BCUT2D eigenvalue weighted by molar-refractivity contribution is -0.126. The molecule has 4 nitrogen and oxygen atoms in total. The summed E-state index contributed by atoms with van der Waals surface area (Å²) in [6.45, 7) is 8.71. The largest absolute Gasteiger partial charge is 0.354 e. The molecule has 1 unspecified atom stereocenters. The molecule has 1 amide bonds. The van der Waals surface area contributed by atoms with Gasteiger partial charge >= 0.3 is 0 Å². The van der Waals surface area contributed by atoms with Crippen LogP contribution in [0.5, 0.6) is 0 Å². The van der Waals surface area contributed by atoms with E-state index in [1.807, 2.05) is 30.3 Å². The van der Waals surface area contributed by atoms with Crippen LogP contribution in [0.15, 0.2) is 35.7 Å². The first-order valence-electron chi connectivity index (χ1n) is 7.79. The number of benzene rings is 1. The van der Waals surface area contributed by atoms with E-state index in [-0.39, 0.29) is 36.1 Å². The molecule has 25 heavy (non-hydrogen) atoms. The Labute approximate surface area is 166 Å². The average Bonchev–Trinajstić information content (AvgIpc) is 2.97. The molecular formula is C18H27Cl2N3OS. The summed E-state index contributed by atoms with van der Waals surface area (Å²) in [5.74, 6) is -0.170. The topological polar surface area (TPSA) is 68.0 Å². The molecule has 0 radical (unpaired) electrons. The van der Waals surface area contributed by atoms with Crippen molar-refractivity contribution < 1.29 is 4.79 Å². The molecule has 3 N–H and O–H groups in total. The van der Waals surface area contributed by atoms with Crippen molar-refractivity contribution in [2.45, 2.75) is 45.1 Å². The van der Waals surface area contributed by atoms with Crippen molar-refractivity contribution in [3.8, 4) is 0 Å². The summed E-state index contributed by atoms with van der Waals surface area (Å²) in [6, 6.07) is 9.42. The van der Waals surface area contributed by atoms with Crippen LogP contribution in [-0.2, 0) is 22.2 Å². The minimum absolute atomic E-state index is 0. The molecule has 0 aliphatic carbocycles. The maximum atomic E-state index is 12.4. The summed E-state index contributed by atoms with van der Waals surface area (Å²) in [6.07, 6.45) is 0.720. The van der Waals surface area contributed by atoms with Crippen molar-refractivity contribution in [2.24, 2.45) is 5.73 Å². The number of nitrogens with one attached hydrogen (secondary N) is 1. The highest BCUT2D eigenvalue weighted by atomic mass is 35.5. The first-order chi connectivity index (χ1) is 10.7. The molecule has 0 aliphatic rings. The van der Waals surface area contributed by atoms with E-state index in [2.05, 4.69) is 36.5 Å². The number of thiazole rings is 1. The number of carbonyl (C=O) groups is 1. The van der Waals surface area contributed by atoms with E-state index in [1.165, 1.54) is 0 Å². The van der Waals surface area contributed by atoms with E-state index in [4.69, 9.17) is 5.73 Å². The zero-order valence-corrected chi connectivity index (χ0v) is 17.5. The zero-order chi connectivity index (χ0) is 17.1. The maximum Gasteiger partial charge on any atom is 0.244 e. The van der Waals surface area contributed by atoms with E-state index < -0.39 is 5.54 Å². The fourth-order valence-electron chi connectivity index (χ4n) is 2.15. The smallest absolute Gasteiger partial charge is 0.244 e. The normalized spacial score (nSPS) is 13.2. The van der Waals surface area contributed by atoms with Crippen molar-refractivity contribution in [3.05, 3.63) is 52.0 Å². The van der Waals surface area contributed by atoms with Crippen molar-refractivity contribution >= 4 is 42.1 Å². The second-order valence-electron chi connectivity index (χ2n) is 6.95. The van der Waals surface area contributed by atoms with Gasteiger partial charge in [0.05, 0.1) is 10.7 Å². The Morgan fingerprint density at radius 2 is 1.76 bits per heavy atom. The molecule has 1 atom stereocenters. The van der Waals surface area contributed by atoms with Gasteiger partial charge in [0.1, 0.15) is 5.54 Å². The fourth-order valence-corrected chi connectivity index (χ4v) is 3.18. The van der Waals surface area contributed by atoms with Crippen LogP contribution >= 0.6 is 36.2 Å². The Bertz CT molecular complexity index is 666. The molecule has 0 spiro atoms. The maximum absolute atomic E-state index is 12.4. The number of nitrogens with zero attached hydrogens (tertiary/aromatic N) is 1. The summed E-state index contributed by atoms with van der Waals surface area (Å²) in [5, 5.41) is 6.05. The first-order valence-corrected chi connectivity index (χ1v) is 8.67. The lowest BCUT2D eigenvalue weighted by Gasteiger charge is -2.24. The van der Waals surface area contributed by atoms with Crippen LogP contribution in [0.25, 0.3) is 0 Å². The molecule has 1 aromatic heterocycles. The minimum atomic E-state index is -1.03. The van der Waals surface area contributed by atoms with Gasteiger partial charge in [0.15, 0.2) is 0 Å². The van der Waals surface area contributed by atoms with Crippen molar-refractivity contribution in [1.29, 1.82) is 0 Å². The van der Waals surface area contributed by atoms with Gasteiger partial charge in [-0.05, 0) is 12.5 Å². The van der Waals surface area contributed by atoms with Crippen LogP contribution in [0.1, 0.15) is 44.0 Å². The first kappa shape index (κ1) is 23.9. The molecule has 2 rings (SSSR count). The van der Waals surface area contributed by atoms with Gasteiger partial charge in [-0.3, -0.25) is 4.79 Å². The van der Waals surface area contributed by atoms with Crippen LogP contribution in [0.4, 0.5) is 0 Å². The zero-order valence-electron chi connectivity index (χ0n) is 15.0. The van der Waals surface area contributed by atoms with E-state index in [0.29, 0.717) is 6.54 Å². The number of rotatable bonds is 5. The van der Waals surface area contributed by atoms with Gasteiger partial charge in [0.25, 0.3) is 0 Å². The Morgan fingerprint density at radius 1 is 1.16 bits per heavy atom. The second-order valence-corrected chi connectivity index (χ2v) is 7.89. The lowest BCUT2D eigenvalue weighted by Crippen LogP contribution is -2.49. The standard InChI is InChI=1S/C18H25N3OS.2ClH/c1-17(2,3)14-12-23-15(21-14)10-11-20-16(22)18(4,19)13-8-6-5-7-9-13;;/h5-9,12H,10-11,19H2,1-4H3,(H,20,22);2*1H. The molecule has 7 heteroatoms. The molecule has 0 bridgehead atoms. The third-order valence-corrected chi connectivity index (χ3v) is 4.70. The van der Waals surface area contributed by atoms with Gasteiger partial charge in [0, 0.05) is 23.8 Å². The fraction of sp³-hybridized carbons (Fsp3) is 0.444. The van der Waals surface area contributed by atoms with Gasteiger partial charge in [-0.1, -0.05) is 51.1 Å². The molecule has 0 saturated carbocycles. The number of hydrogen-bond donors (Lipinski definition) is 2. The number of hydrogen-bond acceptors (Lipinski definition) is 4. The quantitative estimate of drug-likeness (QED) is 0.796. The molecule has 0 aliphatic heterocycles. The molecule has 2 aromatic rings. The number of halogens is 2. The summed E-state index contributed by atoms with van der Waals surface area (Å²) in [5.41, 5.74) is 7.13. The molecule has 0 fully saturated rings. The predicted octanol–water partition coefficient (Wildman–Crippen LogP) is 3.82. The number of carbonyl (C=O) groups excluding carboxylic acids is 1. The highest BCUT2D eigenvalue weighted by Gasteiger charge is 2.29. The Hall–Kier alpha value is -1.14. The van der Waals surface area contributed by atoms with Gasteiger partial charge in [-0.25, -0.2) is 4.98 Å². The van der Waals surface area contributed by atoms with E-state index in [0.717, 1.165) is 22.7 Å².